The number of fused-ring (bicyclic) bond motifs is 2. The summed E-state index contributed by atoms with van der Waals surface area (Å²) in [7, 11) is -15.1. The van der Waals surface area contributed by atoms with Crippen molar-refractivity contribution in [2.24, 2.45) is 0 Å². The number of urea groups is 1. The van der Waals surface area contributed by atoms with Gasteiger partial charge in [-0.05, 0) is 68.0 Å². The topological polar surface area (TPSA) is 278 Å². The van der Waals surface area contributed by atoms with Crippen molar-refractivity contribution in [3.8, 4) is 23.0 Å². The van der Waals surface area contributed by atoms with Gasteiger partial charge in [0, 0.05) is 52.5 Å². The maximum absolute atomic E-state index is 15.4. The van der Waals surface area contributed by atoms with Gasteiger partial charge in [-0.15, -0.1) is 0 Å². The predicted octanol–water partition coefficient (Wildman–Crippen LogP) is 7.41. The van der Waals surface area contributed by atoms with Gasteiger partial charge in [0.05, 0.1) is 46.9 Å². The fourth-order valence-electron chi connectivity index (χ4n) is 8.10. The molecule has 0 saturated heterocycles. The minimum absolute atomic E-state index is 0.149. The van der Waals surface area contributed by atoms with Crippen LogP contribution in [0.4, 0.5) is 54.5 Å². The first kappa shape index (κ1) is 61.9. The molecule has 3 unspecified atom stereocenters. The van der Waals surface area contributed by atoms with E-state index >= 15 is 8.78 Å². The number of aromatic nitrogens is 5. The Morgan fingerprint density at radius 3 is 2.05 bits per heavy atom. The zero-order chi connectivity index (χ0) is 58.4. The number of nitrogens with one attached hydrogen (secondary N) is 2. The highest BCUT2D eigenvalue weighted by Gasteiger charge is 2.53. The third-order valence-electron chi connectivity index (χ3n) is 11.4. The molecule has 3 aromatic heterocycles. The van der Waals surface area contributed by atoms with E-state index in [2.05, 4.69) is 41.4 Å². The Hall–Kier alpha value is -5.32. The molecule has 0 radical (unpaired) electrons. The fourth-order valence-corrected chi connectivity index (χ4v) is 9.93. The lowest BCUT2D eigenvalue weighted by atomic mass is 9.93. The van der Waals surface area contributed by atoms with Crippen LogP contribution in [0.3, 0.4) is 0 Å². The van der Waals surface area contributed by atoms with Crippen molar-refractivity contribution in [3.05, 3.63) is 93.0 Å². The Balaban J connectivity index is 1.61. The van der Waals surface area contributed by atoms with Crippen molar-refractivity contribution in [2.45, 2.75) is 87.7 Å². The van der Waals surface area contributed by atoms with Crippen LogP contribution >= 0.6 is 27.2 Å². The number of hydrogen-bond acceptors (Lipinski definition) is 11. The summed E-state index contributed by atoms with van der Waals surface area (Å²) < 4.78 is 204. The monoisotopic (exact) mass is 1210 g/mol. The summed E-state index contributed by atoms with van der Waals surface area (Å²) in [5, 5.41) is 10.6. The first-order valence-corrected chi connectivity index (χ1v) is 28.5. The molecule has 1 aliphatic rings. The number of alkyl halides is 8. The van der Waals surface area contributed by atoms with Crippen LogP contribution in [0.5, 0.6) is 0 Å². The maximum atomic E-state index is 15.4. The number of carbonyl (C=O) groups is 2. The minimum Gasteiger partial charge on any atom is -0.346 e. The molecule has 5 aromatic rings. The van der Waals surface area contributed by atoms with E-state index in [4.69, 9.17) is 11.6 Å². The molecule has 0 bridgehead atoms. The third kappa shape index (κ3) is 15.1. The van der Waals surface area contributed by atoms with Crippen molar-refractivity contribution in [2.75, 3.05) is 30.0 Å². The van der Waals surface area contributed by atoms with Crippen LogP contribution in [0.1, 0.15) is 73.1 Å². The van der Waals surface area contributed by atoms with Crippen molar-refractivity contribution in [1.29, 1.82) is 0 Å². The number of amides is 3. The molecule has 3 heterocycles. The minimum atomic E-state index is -5.38. The lowest BCUT2D eigenvalue weighted by Crippen LogP contribution is -2.49. The molecule has 35 heteroatoms. The Morgan fingerprint density at radius 2 is 1.51 bits per heavy atom. The van der Waals surface area contributed by atoms with E-state index in [9.17, 15) is 81.8 Å². The van der Waals surface area contributed by atoms with Gasteiger partial charge in [0.1, 0.15) is 51.8 Å². The van der Waals surface area contributed by atoms with Crippen LogP contribution in [-0.4, -0.2) is 107 Å². The van der Waals surface area contributed by atoms with Crippen LogP contribution in [0.25, 0.3) is 22.0 Å². The molecular weight excluding hydrogens is 1170 g/mol. The zero-order valence-electron chi connectivity index (χ0n) is 40.6. The molecule has 0 spiro atoms. The molecule has 78 heavy (non-hydrogen) atoms. The summed E-state index contributed by atoms with van der Waals surface area (Å²) in [6.45, 7) is -1.82. The number of phosphoric acid groups is 2. The molecule has 426 valence electrons. The molecule has 1 aliphatic carbocycles. The van der Waals surface area contributed by atoms with E-state index in [0.29, 0.717) is 6.07 Å². The quantitative estimate of drug-likeness (QED) is 0.0283. The van der Waals surface area contributed by atoms with E-state index in [1.165, 1.54) is 26.2 Å². The number of hydrogen-bond donors (Lipinski definition) is 6. The molecule has 0 fully saturated rings. The van der Waals surface area contributed by atoms with Gasteiger partial charge in [0.2, 0.25) is 5.91 Å². The second-order valence-corrected chi connectivity index (χ2v) is 23.9. The molecule has 6 N–H and O–H groups in total. The molecule has 3 amide bonds. The first-order valence-electron chi connectivity index (χ1n) is 22.0. The molecular formula is C43H43ClF10N8O12P2S2. The first-order chi connectivity index (χ1) is 35.7. The van der Waals surface area contributed by atoms with Crippen LogP contribution in [0.2, 0.25) is 5.02 Å². The summed E-state index contributed by atoms with van der Waals surface area (Å²) in [6.07, 6.45) is -10.1. The standard InChI is InChI=1S/C43H43ClF10N8O12P2S2/c1-21-16-41(47,48)37-32(21)36(43(52,53)54)58-60(37)17-31(63)57-30(14-22-12-23(45)15-24(46)13-22)34-27(7-6-25(55-34)10-11-40(2,3)77(4)71)28-8-9-29(44)33-35(28)61(20-42(49,50)51)59-38(33)62(78(5)72)39(64)56-26(18-73-75(65,66)67)19-74-76(68,69)70/h6-9,12-13,15,21,26,30H,14,16-20H2,1-5H3,(H,56,64)(H,57,63)(H2,65,66,67)(H2,68,69,70)/t21-,30?,77?,78?/m0/s1. The summed E-state index contributed by atoms with van der Waals surface area (Å²) in [5.41, 5.74) is -6.13. The number of benzene rings is 2. The highest BCUT2D eigenvalue weighted by molar-refractivity contribution is 7.86. The Kier molecular flexibility index (Phi) is 18.3. The lowest BCUT2D eigenvalue weighted by molar-refractivity contribution is -0.143. The van der Waals surface area contributed by atoms with Gasteiger partial charge in [-0.3, -0.25) is 27.4 Å². The molecule has 20 nitrogen and oxygen atoms in total. The van der Waals surface area contributed by atoms with E-state index in [1.807, 2.05) is 5.32 Å². The second kappa shape index (κ2) is 23.0. The van der Waals surface area contributed by atoms with E-state index < -0.39 is 191 Å². The summed E-state index contributed by atoms with van der Waals surface area (Å²) in [5.74, 6) is -4.51. The van der Waals surface area contributed by atoms with Crippen molar-refractivity contribution in [3.63, 3.8) is 0 Å². The fraction of sp³-hybridized carbons (Fsp3) is 0.419. The van der Waals surface area contributed by atoms with Crippen molar-refractivity contribution < 1.29 is 99.7 Å². The zero-order valence-corrected chi connectivity index (χ0v) is 44.8. The molecule has 2 aromatic carbocycles. The molecule has 0 saturated carbocycles. The summed E-state index contributed by atoms with van der Waals surface area (Å²) in [4.78, 5) is 69.8. The maximum Gasteiger partial charge on any atom is 0.469 e. The second-order valence-electron chi connectivity index (χ2n) is 17.9. The summed E-state index contributed by atoms with van der Waals surface area (Å²) >= 11 is 6.66. The van der Waals surface area contributed by atoms with Crippen LogP contribution in [0.15, 0.2) is 42.5 Å². The van der Waals surface area contributed by atoms with Crippen molar-refractivity contribution in [1.82, 2.24) is 35.2 Å². The SMILES string of the molecule is C[C@H]1CC(F)(F)c2c1c(C(F)(F)F)nn2CC(=O)NC(Cc1cc(F)cc(F)c1)c1nc(C#CC(C)(C)S(C)=O)ccc1-c1ccc(Cl)c2c(N(C(=O)NC(COP(=O)(O)O)COP(=O)(O)O)S(C)=O)nn(CC(F)(F)F)c12. The van der Waals surface area contributed by atoms with Gasteiger partial charge in [-0.25, -0.2) is 31.9 Å². The number of nitrogens with zero attached hydrogens (tertiary/aromatic N) is 6. The predicted molar refractivity (Wildman–Crippen MR) is 259 cm³/mol. The van der Waals surface area contributed by atoms with Crippen LogP contribution < -0.4 is 14.9 Å². The van der Waals surface area contributed by atoms with Gasteiger partial charge in [0.15, 0.2) is 11.5 Å². The van der Waals surface area contributed by atoms with E-state index in [0.717, 1.165) is 43.5 Å². The molecule has 6 rings (SSSR count). The highest BCUT2D eigenvalue weighted by Crippen LogP contribution is 2.52. The number of pyridine rings is 1. The Morgan fingerprint density at radius 1 is 0.923 bits per heavy atom. The van der Waals surface area contributed by atoms with Gasteiger partial charge in [0.25, 0.3) is 5.92 Å². The van der Waals surface area contributed by atoms with Gasteiger partial charge < -0.3 is 30.2 Å². The van der Waals surface area contributed by atoms with E-state index in [1.54, 1.807) is 0 Å². The van der Waals surface area contributed by atoms with Crippen LogP contribution in [-0.2, 0) is 76.4 Å². The number of halogens is 11. The average Bonchev–Trinajstić information content (AvgIpc) is 3.93. The Bertz CT molecular complexity index is 3330. The lowest BCUT2D eigenvalue weighted by Gasteiger charge is -2.24. The number of anilines is 1. The smallest absolute Gasteiger partial charge is 0.346 e. The van der Waals surface area contributed by atoms with Gasteiger partial charge in [-0.2, -0.15) is 49.6 Å². The largest absolute Gasteiger partial charge is 0.469 e. The van der Waals surface area contributed by atoms with Crippen LogP contribution in [0, 0.1) is 23.5 Å². The van der Waals surface area contributed by atoms with Gasteiger partial charge >= 0.3 is 34.0 Å². The van der Waals surface area contributed by atoms with E-state index in [-0.39, 0.29) is 30.5 Å². The summed E-state index contributed by atoms with van der Waals surface area (Å²) in [6, 6.07) is 1.14. The average molecular weight is 1220 g/mol. The number of carbonyl (C=O) groups excluding carboxylic acids is 2. The third-order valence-corrected chi connectivity index (χ3v) is 15.1. The Labute approximate surface area is 444 Å². The number of phosphoric ester groups is 2. The molecule has 0 aliphatic heterocycles. The normalized spacial score (nSPS) is 16.1. The molecule has 4 atom stereocenters. The van der Waals surface area contributed by atoms with Gasteiger partial charge in [-0.1, -0.05) is 30.5 Å². The highest BCUT2D eigenvalue weighted by atomic mass is 35.5. The van der Waals surface area contributed by atoms with Crippen molar-refractivity contribution >= 4 is 77.7 Å². The number of rotatable bonds is 18.